The molecule has 90 valence electrons. The molecule has 0 aromatic carbocycles. The lowest BCUT2D eigenvalue weighted by atomic mass is 10.2. The van der Waals surface area contributed by atoms with Gasteiger partial charge in [0.2, 0.25) is 11.8 Å². The Morgan fingerprint density at radius 2 is 2.19 bits per heavy atom. The number of carbonyl (C=O) groups excluding carboxylic acids is 2. The van der Waals surface area contributed by atoms with Crippen LogP contribution >= 0.6 is 0 Å². The molecule has 1 atom stereocenters. The van der Waals surface area contributed by atoms with Gasteiger partial charge in [-0.15, -0.1) is 0 Å². The summed E-state index contributed by atoms with van der Waals surface area (Å²) in [5, 5.41) is 6.33. The molecule has 2 heterocycles. The minimum Gasteiger partial charge on any atom is -0.342 e. The highest BCUT2D eigenvalue weighted by Gasteiger charge is 2.30. The molecule has 2 rings (SSSR count). The van der Waals surface area contributed by atoms with Crippen molar-refractivity contribution < 1.29 is 9.59 Å². The number of nitrogens with one attached hydrogen (secondary N) is 2. The van der Waals surface area contributed by atoms with E-state index >= 15 is 0 Å². The number of piperazine rings is 2. The molecule has 2 aliphatic rings. The van der Waals surface area contributed by atoms with Gasteiger partial charge in [0.15, 0.2) is 0 Å². The molecule has 0 bridgehead atoms. The molecule has 2 fully saturated rings. The van der Waals surface area contributed by atoms with Crippen molar-refractivity contribution in [1.29, 1.82) is 0 Å². The predicted molar refractivity (Wildman–Crippen MR) is 58.9 cm³/mol. The first-order valence-electron chi connectivity index (χ1n) is 5.65. The maximum Gasteiger partial charge on any atom is 0.241 e. The van der Waals surface area contributed by atoms with E-state index in [-0.39, 0.29) is 24.4 Å². The van der Waals surface area contributed by atoms with Gasteiger partial charge in [-0.25, -0.2) is 0 Å². The third-order valence-electron chi connectivity index (χ3n) is 3.11. The van der Waals surface area contributed by atoms with E-state index in [1.807, 2.05) is 0 Å². The zero-order valence-electron chi connectivity index (χ0n) is 9.53. The summed E-state index contributed by atoms with van der Waals surface area (Å²) in [7, 11) is 1.77. The van der Waals surface area contributed by atoms with E-state index in [1.165, 1.54) is 0 Å². The largest absolute Gasteiger partial charge is 0.342 e. The van der Waals surface area contributed by atoms with E-state index in [0.29, 0.717) is 19.6 Å². The van der Waals surface area contributed by atoms with Crippen molar-refractivity contribution in [2.24, 2.45) is 0 Å². The maximum atomic E-state index is 12.1. The summed E-state index contributed by atoms with van der Waals surface area (Å²) < 4.78 is 0. The summed E-state index contributed by atoms with van der Waals surface area (Å²) in [4.78, 5) is 26.9. The van der Waals surface area contributed by atoms with Gasteiger partial charge in [0.05, 0.1) is 12.6 Å². The summed E-state index contributed by atoms with van der Waals surface area (Å²) in [6, 6.07) is -0.176. The molecule has 0 saturated carbocycles. The Labute approximate surface area is 95.0 Å². The van der Waals surface area contributed by atoms with Crippen LogP contribution in [0, 0.1) is 0 Å². The predicted octanol–water partition coefficient (Wildman–Crippen LogP) is -2.15. The quantitative estimate of drug-likeness (QED) is 0.535. The first kappa shape index (κ1) is 11.3. The molecular formula is C10H18N4O2. The van der Waals surface area contributed by atoms with Gasteiger partial charge in [-0.3, -0.25) is 9.59 Å². The van der Waals surface area contributed by atoms with E-state index in [4.69, 9.17) is 0 Å². The van der Waals surface area contributed by atoms with E-state index in [0.717, 1.165) is 13.1 Å². The van der Waals surface area contributed by atoms with Crippen LogP contribution in [0.4, 0.5) is 0 Å². The molecule has 6 heteroatoms. The summed E-state index contributed by atoms with van der Waals surface area (Å²) in [6.45, 7) is 3.83. The lowest BCUT2D eigenvalue weighted by Gasteiger charge is -2.35. The number of carbonyl (C=O) groups is 2. The Bertz CT molecular complexity index is 289. The van der Waals surface area contributed by atoms with Gasteiger partial charge in [-0.2, -0.15) is 0 Å². The fraction of sp³-hybridized carbons (Fsp3) is 0.800. The highest BCUT2D eigenvalue weighted by Crippen LogP contribution is 2.04. The average Bonchev–Trinajstić information content (AvgIpc) is 2.33. The Morgan fingerprint density at radius 3 is 2.81 bits per heavy atom. The lowest BCUT2D eigenvalue weighted by Crippen LogP contribution is -2.60. The van der Waals surface area contributed by atoms with Gasteiger partial charge in [0.25, 0.3) is 0 Å². The minimum absolute atomic E-state index is 0.0170. The van der Waals surface area contributed by atoms with Crippen LogP contribution in [0.15, 0.2) is 0 Å². The molecule has 1 unspecified atom stereocenters. The average molecular weight is 226 g/mol. The van der Waals surface area contributed by atoms with E-state index in [9.17, 15) is 9.59 Å². The molecule has 0 radical (unpaired) electrons. The van der Waals surface area contributed by atoms with Crippen molar-refractivity contribution in [2.45, 2.75) is 6.04 Å². The Balaban J connectivity index is 1.91. The van der Waals surface area contributed by atoms with Crippen LogP contribution in [-0.2, 0) is 9.59 Å². The third-order valence-corrected chi connectivity index (χ3v) is 3.11. The molecule has 2 saturated heterocycles. The van der Waals surface area contributed by atoms with Crippen molar-refractivity contribution in [2.75, 3.05) is 46.3 Å². The SMILES string of the molecule is CN1CCN(C(=O)C2CNCCN2)CC1=O. The highest BCUT2D eigenvalue weighted by atomic mass is 16.2. The van der Waals surface area contributed by atoms with Crippen molar-refractivity contribution in [1.82, 2.24) is 20.4 Å². The number of hydrogen-bond acceptors (Lipinski definition) is 4. The van der Waals surface area contributed by atoms with Crippen molar-refractivity contribution in [3.63, 3.8) is 0 Å². The number of hydrogen-bond donors (Lipinski definition) is 2. The number of likely N-dealkylation sites (N-methyl/N-ethyl adjacent to an activating group) is 1. The second kappa shape index (κ2) is 4.80. The smallest absolute Gasteiger partial charge is 0.241 e. The van der Waals surface area contributed by atoms with Crippen LogP contribution in [0.25, 0.3) is 0 Å². The van der Waals surface area contributed by atoms with Gasteiger partial charge in [-0.1, -0.05) is 0 Å². The second-order valence-electron chi connectivity index (χ2n) is 4.29. The monoisotopic (exact) mass is 226 g/mol. The normalized spacial score (nSPS) is 27.1. The summed E-state index contributed by atoms with van der Waals surface area (Å²) in [6.07, 6.45) is 0. The molecule has 2 N–H and O–H groups in total. The van der Waals surface area contributed by atoms with Gasteiger partial charge < -0.3 is 20.4 Å². The minimum atomic E-state index is -0.176. The maximum absolute atomic E-state index is 12.1. The van der Waals surface area contributed by atoms with Gasteiger partial charge in [0.1, 0.15) is 0 Å². The first-order chi connectivity index (χ1) is 7.68. The van der Waals surface area contributed by atoms with Gasteiger partial charge >= 0.3 is 0 Å². The van der Waals surface area contributed by atoms with E-state index < -0.39 is 0 Å². The number of rotatable bonds is 1. The van der Waals surface area contributed by atoms with Crippen molar-refractivity contribution >= 4 is 11.8 Å². The number of nitrogens with zero attached hydrogens (tertiary/aromatic N) is 2. The molecular weight excluding hydrogens is 208 g/mol. The fourth-order valence-corrected chi connectivity index (χ4v) is 1.99. The van der Waals surface area contributed by atoms with Crippen molar-refractivity contribution in [3.8, 4) is 0 Å². The molecule has 6 nitrogen and oxygen atoms in total. The summed E-state index contributed by atoms with van der Waals surface area (Å²) >= 11 is 0. The van der Waals surface area contributed by atoms with Crippen LogP contribution in [0.5, 0.6) is 0 Å². The molecule has 0 spiro atoms. The summed E-state index contributed by atoms with van der Waals surface area (Å²) in [5.74, 6) is 0.0528. The van der Waals surface area contributed by atoms with Crippen LogP contribution in [0.2, 0.25) is 0 Å². The Hall–Kier alpha value is -1.14. The zero-order chi connectivity index (χ0) is 11.5. The molecule has 16 heavy (non-hydrogen) atoms. The first-order valence-corrected chi connectivity index (χ1v) is 5.65. The fourth-order valence-electron chi connectivity index (χ4n) is 1.99. The second-order valence-corrected chi connectivity index (χ2v) is 4.29. The molecule has 0 aromatic rings. The Kier molecular flexibility index (Phi) is 3.40. The molecule has 0 aromatic heterocycles. The van der Waals surface area contributed by atoms with Crippen LogP contribution in [0.1, 0.15) is 0 Å². The van der Waals surface area contributed by atoms with E-state index in [1.54, 1.807) is 16.8 Å². The van der Waals surface area contributed by atoms with Gasteiger partial charge in [0, 0.05) is 39.8 Å². The summed E-state index contributed by atoms with van der Waals surface area (Å²) in [5.41, 5.74) is 0. The number of amides is 2. The van der Waals surface area contributed by atoms with E-state index in [2.05, 4.69) is 10.6 Å². The molecule has 2 aliphatic heterocycles. The molecule has 0 aliphatic carbocycles. The van der Waals surface area contributed by atoms with Crippen LogP contribution in [-0.4, -0.2) is 74.0 Å². The zero-order valence-corrected chi connectivity index (χ0v) is 9.53. The third kappa shape index (κ3) is 2.33. The van der Waals surface area contributed by atoms with Gasteiger partial charge in [-0.05, 0) is 0 Å². The topological polar surface area (TPSA) is 64.7 Å². The lowest BCUT2D eigenvalue weighted by molar-refractivity contribution is -0.145. The highest BCUT2D eigenvalue weighted by molar-refractivity contribution is 5.88. The van der Waals surface area contributed by atoms with Crippen LogP contribution < -0.4 is 10.6 Å². The van der Waals surface area contributed by atoms with Crippen LogP contribution in [0.3, 0.4) is 0 Å². The standard InChI is InChI=1S/C10H18N4O2/c1-13-4-5-14(7-9(13)15)10(16)8-6-11-2-3-12-8/h8,11-12H,2-7H2,1H3. The molecule has 2 amide bonds. The Morgan fingerprint density at radius 1 is 1.38 bits per heavy atom. The van der Waals surface area contributed by atoms with Crippen molar-refractivity contribution in [3.05, 3.63) is 0 Å².